The Labute approximate surface area is 253 Å². The summed E-state index contributed by atoms with van der Waals surface area (Å²) in [5, 5.41) is 32.1. The molecule has 0 unspecified atom stereocenters. The highest BCUT2D eigenvalue weighted by atomic mass is 16.6. The molecule has 0 aliphatic rings. The van der Waals surface area contributed by atoms with E-state index in [0.717, 1.165) is 4.90 Å². The standard InChI is InChI=1S/C31H47N3O9/c1-28(2,3)31(26(40)41,18-17-23(36)37)34(29(4,5)6)27(42)33-22(25(39)43-30(7,8)9)12-10-11-19-32-24(38)20-13-15-21(35)16-14-20/h13-16,35H,10-12,17-19H2,1-9H3,(H,32,38)(H,36,37)(H,40,41)/t31-/m0/s1. The maximum atomic E-state index is 13.9. The van der Waals surface area contributed by atoms with Crippen molar-refractivity contribution in [2.24, 2.45) is 10.4 Å². The number of aliphatic imine (C=N–C) groups is 1. The molecule has 12 nitrogen and oxygen atoms in total. The maximum absolute atomic E-state index is 13.9. The summed E-state index contributed by atoms with van der Waals surface area (Å²) in [6, 6.07) is 4.76. The number of phenols is 1. The Morgan fingerprint density at radius 3 is 1.86 bits per heavy atom. The van der Waals surface area contributed by atoms with Gasteiger partial charge in [-0.05, 0) is 96.9 Å². The highest BCUT2D eigenvalue weighted by molar-refractivity contribution is 6.38. The molecule has 3 amide bonds. The van der Waals surface area contributed by atoms with Crippen molar-refractivity contribution in [1.29, 1.82) is 0 Å². The summed E-state index contributed by atoms with van der Waals surface area (Å²) in [6.45, 7) is 14.9. The first kappa shape index (κ1) is 37.1. The normalized spacial score (nSPS) is 13.9. The van der Waals surface area contributed by atoms with E-state index in [1.165, 1.54) is 24.3 Å². The van der Waals surface area contributed by atoms with E-state index >= 15 is 0 Å². The Kier molecular flexibility index (Phi) is 12.5. The van der Waals surface area contributed by atoms with Crippen LogP contribution in [-0.2, 0) is 19.1 Å². The van der Waals surface area contributed by atoms with Gasteiger partial charge in [-0.15, -0.1) is 0 Å². The molecule has 0 heterocycles. The summed E-state index contributed by atoms with van der Waals surface area (Å²) >= 11 is 0. The molecule has 43 heavy (non-hydrogen) atoms. The molecule has 1 aromatic rings. The van der Waals surface area contributed by atoms with Crippen molar-refractivity contribution in [3.8, 4) is 5.75 Å². The van der Waals surface area contributed by atoms with E-state index < -0.39 is 52.5 Å². The number of hydrogen-bond donors (Lipinski definition) is 4. The van der Waals surface area contributed by atoms with Crippen LogP contribution >= 0.6 is 0 Å². The molecule has 0 saturated carbocycles. The van der Waals surface area contributed by atoms with Gasteiger partial charge in [0.15, 0.2) is 0 Å². The fourth-order valence-corrected chi connectivity index (χ4v) is 4.70. The van der Waals surface area contributed by atoms with Gasteiger partial charge in [-0.25, -0.2) is 14.4 Å². The van der Waals surface area contributed by atoms with Crippen LogP contribution in [0.5, 0.6) is 5.75 Å². The largest absolute Gasteiger partial charge is 0.508 e. The molecule has 1 aromatic carbocycles. The molecule has 0 saturated heterocycles. The summed E-state index contributed by atoms with van der Waals surface area (Å²) < 4.78 is 5.48. The molecule has 0 aromatic heterocycles. The fraction of sp³-hybridized carbons (Fsp3) is 0.613. The number of unbranched alkanes of at least 4 members (excludes halogenated alkanes) is 1. The second-order valence-corrected chi connectivity index (χ2v) is 13.4. The summed E-state index contributed by atoms with van der Waals surface area (Å²) in [4.78, 5) is 69.0. The zero-order valence-corrected chi connectivity index (χ0v) is 26.7. The molecule has 0 bridgehead atoms. The third-order valence-electron chi connectivity index (χ3n) is 6.66. The lowest BCUT2D eigenvalue weighted by Gasteiger charge is -2.53. The number of benzene rings is 1. The zero-order chi connectivity index (χ0) is 33.4. The second kappa shape index (κ2) is 14.5. The summed E-state index contributed by atoms with van der Waals surface area (Å²) in [7, 11) is 0. The predicted molar refractivity (Wildman–Crippen MR) is 161 cm³/mol. The van der Waals surface area contributed by atoms with E-state index in [0.29, 0.717) is 18.4 Å². The number of esters is 1. The summed E-state index contributed by atoms with van der Waals surface area (Å²) in [5.41, 5.74) is -5.00. The number of carbonyl (C=O) groups is 5. The highest BCUT2D eigenvalue weighted by Crippen LogP contribution is 2.44. The van der Waals surface area contributed by atoms with E-state index in [9.17, 15) is 39.3 Å². The minimum atomic E-state index is -1.98. The molecule has 12 heteroatoms. The summed E-state index contributed by atoms with van der Waals surface area (Å²) in [5.74, 6) is -3.75. The van der Waals surface area contributed by atoms with Gasteiger partial charge >= 0.3 is 23.9 Å². The Hall–Kier alpha value is -3.96. The number of phenolic OH excluding ortho intramolecular Hbond substituents is 1. The zero-order valence-electron chi connectivity index (χ0n) is 26.7. The van der Waals surface area contributed by atoms with Crippen LogP contribution in [0.3, 0.4) is 0 Å². The Balaban J connectivity index is 3.37. The number of ether oxygens (including phenoxy) is 1. The molecule has 1 atom stereocenters. The van der Waals surface area contributed by atoms with Crippen molar-refractivity contribution in [1.82, 2.24) is 10.2 Å². The van der Waals surface area contributed by atoms with Gasteiger partial charge in [0.1, 0.15) is 22.6 Å². The Morgan fingerprint density at radius 2 is 1.42 bits per heavy atom. The molecular weight excluding hydrogens is 558 g/mol. The van der Waals surface area contributed by atoms with E-state index in [4.69, 9.17) is 4.74 Å². The Bertz CT molecular complexity index is 1200. The number of aromatic hydroxyl groups is 1. The third-order valence-corrected chi connectivity index (χ3v) is 6.66. The van der Waals surface area contributed by atoms with Crippen molar-refractivity contribution in [3.05, 3.63) is 29.8 Å². The van der Waals surface area contributed by atoms with E-state index in [1.807, 2.05) is 0 Å². The van der Waals surface area contributed by atoms with Crippen LogP contribution in [0, 0.1) is 5.41 Å². The number of carbonyl (C=O) groups excluding carboxylic acids is 3. The van der Waals surface area contributed by atoms with Crippen LogP contribution in [0.4, 0.5) is 4.79 Å². The van der Waals surface area contributed by atoms with Gasteiger partial charge in [-0.2, -0.15) is 4.99 Å². The van der Waals surface area contributed by atoms with Crippen molar-refractivity contribution in [2.45, 2.75) is 111 Å². The topological polar surface area (TPSA) is 183 Å². The SMILES string of the molecule is CC(C)(C)OC(=O)C(CCCCNC(=O)c1ccc(O)cc1)=NC(=O)N(C(C)(C)C)[C@@](CCC(=O)O)(C(=O)O)C(C)(C)C. The van der Waals surface area contributed by atoms with E-state index in [2.05, 4.69) is 10.3 Å². The average Bonchev–Trinajstić information content (AvgIpc) is 2.82. The van der Waals surface area contributed by atoms with Crippen LogP contribution < -0.4 is 5.32 Å². The van der Waals surface area contributed by atoms with Gasteiger partial charge < -0.3 is 30.3 Å². The fourth-order valence-electron chi connectivity index (χ4n) is 4.70. The molecule has 1 rings (SSSR count). The molecule has 0 radical (unpaired) electrons. The molecular formula is C31H47N3O9. The second-order valence-electron chi connectivity index (χ2n) is 13.4. The van der Waals surface area contributed by atoms with Crippen LogP contribution in [-0.4, -0.2) is 79.0 Å². The van der Waals surface area contributed by atoms with Crippen molar-refractivity contribution in [3.63, 3.8) is 0 Å². The van der Waals surface area contributed by atoms with E-state index in [1.54, 1.807) is 62.3 Å². The predicted octanol–water partition coefficient (Wildman–Crippen LogP) is 5.03. The molecule has 4 N–H and O–H groups in total. The molecule has 240 valence electrons. The minimum Gasteiger partial charge on any atom is -0.508 e. The number of amides is 3. The average molecular weight is 606 g/mol. The monoisotopic (exact) mass is 605 g/mol. The minimum absolute atomic E-state index is 0.00156. The van der Waals surface area contributed by atoms with Crippen LogP contribution in [0.15, 0.2) is 29.3 Å². The number of carboxylic acids is 2. The smallest absolute Gasteiger partial charge is 0.353 e. The van der Waals surface area contributed by atoms with Crippen LogP contribution in [0.2, 0.25) is 0 Å². The van der Waals surface area contributed by atoms with Gasteiger partial charge in [-0.3, -0.25) is 9.59 Å². The van der Waals surface area contributed by atoms with Crippen LogP contribution in [0.25, 0.3) is 0 Å². The first-order valence-corrected chi connectivity index (χ1v) is 14.2. The van der Waals surface area contributed by atoms with Gasteiger partial charge in [0.2, 0.25) is 0 Å². The number of rotatable bonds is 12. The lowest BCUT2D eigenvalue weighted by Crippen LogP contribution is -2.68. The number of hydrogen-bond acceptors (Lipinski definition) is 7. The summed E-state index contributed by atoms with van der Waals surface area (Å²) in [6.07, 6.45) is -0.149. The molecule has 0 fully saturated rings. The number of nitrogens with zero attached hydrogens (tertiary/aromatic N) is 2. The maximum Gasteiger partial charge on any atom is 0.353 e. The number of urea groups is 1. The van der Waals surface area contributed by atoms with Gasteiger partial charge in [-0.1, -0.05) is 20.8 Å². The first-order valence-electron chi connectivity index (χ1n) is 14.2. The lowest BCUT2D eigenvalue weighted by molar-refractivity contribution is -0.164. The van der Waals surface area contributed by atoms with Crippen LogP contribution in [0.1, 0.15) is 105 Å². The quantitative estimate of drug-likeness (QED) is 0.144. The van der Waals surface area contributed by atoms with Gasteiger partial charge in [0.25, 0.3) is 5.91 Å². The number of aliphatic carboxylic acids is 2. The Morgan fingerprint density at radius 1 is 0.860 bits per heavy atom. The van der Waals surface area contributed by atoms with Gasteiger partial charge in [0.05, 0.1) is 0 Å². The van der Waals surface area contributed by atoms with Crippen molar-refractivity contribution < 1.29 is 44.0 Å². The first-order chi connectivity index (χ1) is 19.5. The van der Waals surface area contributed by atoms with E-state index in [-0.39, 0.29) is 36.8 Å². The third kappa shape index (κ3) is 10.7. The lowest BCUT2D eigenvalue weighted by atomic mass is 9.68. The number of carboxylic acid groups (broad SMARTS) is 2. The molecule has 0 aliphatic carbocycles. The molecule has 0 spiro atoms. The van der Waals surface area contributed by atoms with Crippen molar-refractivity contribution in [2.75, 3.05) is 6.54 Å². The number of nitrogens with one attached hydrogen (secondary N) is 1. The molecule has 0 aliphatic heterocycles. The highest BCUT2D eigenvalue weighted by Gasteiger charge is 2.58. The van der Waals surface area contributed by atoms with Gasteiger partial charge in [0, 0.05) is 24.1 Å². The van der Waals surface area contributed by atoms with Crippen molar-refractivity contribution >= 4 is 35.6 Å².